The normalized spacial score (nSPS) is 29.6. The molecule has 0 bridgehead atoms. The number of nitrogens with zero attached hydrogens (tertiary/aromatic N) is 3. The largest absolute Gasteiger partial charge is 0.497 e. The molecule has 0 amide bonds. The van der Waals surface area contributed by atoms with E-state index in [4.69, 9.17) is 9.47 Å². The first-order chi connectivity index (χ1) is 12.1. The van der Waals surface area contributed by atoms with Crippen molar-refractivity contribution in [2.75, 3.05) is 13.7 Å². The summed E-state index contributed by atoms with van der Waals surface area (Å²) in [4.78, 5) is 0. The van der Waals surface area contributed by atoms with Gasteiger partial charge in [-0.05, 0) is 17.7 Å². The summed E-state index contributed by atoms with van der Waals surface area (Å²) in [7, 11) is 1.56. The van der Waals surface area contributed by atoms with Crippen LogP contribution < -0.4 is 4.74 Å². The molecule has 0 spiro atoms. The molecular formula is C16H21N3O6. The lowest BCUT2D eigenvalue weighted by Gasteiger charge is -2.42. The highest BCUT2D eigenvalue weighted by Crippen LogP contribution is 2.40. The Bertz CT molecular complexity index is 691. The highest BCUT2D eigenvalue weighted by Gasteiger charge is 2.46. The van der Waals surface area contributed by atoms with Crippen molar-refractivity contribution in [1.82, 2.24) is 15.0 Å². The van der Waals surface area contributed by atoms with Gasteiger partial charge in [0.2, 0.25) is 0 Å². The van der Waals surface area contributed by atoms with Crippen LogP contribution in [0.2, 0.25) is 0 Å². The van der Waals surface area contributed by atoms with Gasteiger partial charge in [0.05, 0.1) is 26.5 Å². The number of aliphatic hydroxyl groups is 4. The molecule has 2 heterocycles. The van der Waals surface area contributed by atoms with Crippen LogP contribution in [-0.2, 0) is 11.3 Å². The molecule has 2 aromatic rings. The van der Waals surface area contributed by atoms with Gasteiger partial charge >= 0.3 is 0 Å². The van der Waals surface area contributed by atoms with Crippen LogP contribution in [-0.4, -0.2) is 67.4 Å². The minimum atomic E-state index is -1.29. The summed E-state index contributed by atoms with van der Waals surface area (Å²) in [6.07, 6.45) is -2.66. The number of benzene rings is 1. The Kier molecular flexibility index (Phi) is 5.30. The Balaban J connectivity index is 1.99. The van der Waals surface area contributed by atoms with E-state index in [1.165, 1.54) is 10.9 Å². The second-order valence-corrected chi connectivity index (χ2v) is 5.87. The summed E-state index contributed by atoms with van der Waals surface area (Å²) in [5.74, 6) is 0.665. The van der Waals surface area contributed by atoms with Crippen LogP contribution >= 0.6 is 0 Å². The maximum atomic E-state index is 10.6. The predicted molar refractivity (Wildman–Crippen MR) is 84.7 cm³/mol. The molecule has 1 aromatic carbocycles. The molecule has 1 aromatic heterocycles. The van der Waals surface area contributed by atoms with Gasteiger partial charge in [-0.3, -0.25) is 0 Å². The lowest BCUT2D eigenvalue weighted by Crippen LogP contribution is -2.53. The lowest BCUT2D eigenvalue weighted by molar-refractivity contribution is -0.208. The molecule has 9 nitrogen and oxygen atoms in total. The highest BCUT2D eigenvalue weighted by molar-refractivity contribution is 5.29. The van der Waals surface area contributed by atoms with E-state index in [0.29, 0.717) is 11.4 Å². The zero-order valence-corrected chi connectivity index (χ0v) is 13.6. The van der Waals surface area contributed by atoms with E-state index in [2.05, 4.69) is 10.3 Å². The molecule has 1 aliphatic rings. The van der Waals surface area contributed by atoms with E-state index in [1.54, 1.807) is 31.4 Å². The molecule has 136 valence electrons. The molecule has 5 atom stereocenters. The fourth-order valence-electron chi connectivity index (χ4n) is 3.00. The van der Waals surface area contributed by atoms with Crippen molar-refractivity contribution in [3.05, 3.63) is 41.7 Å². The van der Waals surface area contributed by atoms with Gasteiger partial charge in [-0.1, -0.05) is 17.3 Å². The van der Waals surface area contributed by atoms with Crippen LogP contribution in [0.25, 0.3) is 0 Å². The van der Waals surface area contributed by atoms with E-state index in [-0.39, 0.29) is 6.61 Å². The summed E-state index contributed by atoms with van der Waals surface area (Å²) in [6.45, 7) is -0.727. The summed E-state index contributed by atoms with van der Waals surface area (Å²) >= 11 is 0. The average molecular weight is 351 g/mol. The third-order valence-corrected chi connectivity index (χ3v) is 4.36. The van der Waals surface area contributed by atoms with Gasteiger partial charge in [0.1, 0.15) is 41.9 Å². The molecule has 0 saturated carbocycles. The fourth-order valence-corrected chi connectivity index (χ4v) is 3.00. The van der Waals surface area contributed by atoms with Crippen molar-refractivity contribution in [1.29, 1.82) is 0 Å². The van der Waals surface area contributed by atoms with Crippen molar-refractivity contribution >= 4 is 0 Å². The maximum Gasteiger partial charge on any atom is 0.118 e. The summed E-state index contributed by atoms with van der Waals surface area (Å²) in [5.41, 5.74) is 1.05. The van der Waals surface area contributed by atoms with Crippen LogP contribution in [0.1, 0.15) is 23.4 Å². The standard InChI is InChI=1S/C16H21N3O6/c1-24-11-4-2-9(3-5-11)16-13(19-6-10(7-20)17-18-19)15(23)14(22)12(8-21)25-16/h2-6,12-16,20-23H,7-8H2,1H3/t12-,13-,14+,15-,16+/m1/s1. The molecule has 0 radical (unpaired) electrons. The van der Waals surface area contributed by atoms with Crippen LogP contribution in [0, 0.1) is 0 Å². The van der Waals surface area contributed by atoms with Gasteiger partial charge in [-0.25, -0.2) is 4.68 Å². The number of hydrogen-bond acceptors (Lipinski definition) is 8. The number of ether oxygens (including phenoxy) is 2. The van der Waals surface area contributed by atoms with Gasteiger partial charge in [0.25, 0.3) is 0 Å². The molecule has 1 saturated heterocycles. The number of rotatable bonds is 5. The number of hydrogen-bond donors (Lipinski definition) is 4. The summed E-state index contributed by atoms with van der Waals surface area (Å²) < 4.78 is 12.3. The average Bonchev–Trinajstić information content (AvgIpc) is 3.12. The third-order valence-electron chi connectivity index (χ3n) is 4.36. The number of methoxy groups -OCH3 is 1. The molecule has 1 fully saturated rings. The van der Waals surface area contributed by atoms with Crippen molar-refractivity contribution < 1.29 is 29.9 Å². The van der Waals surface area contributed by atoms with Crippen molar-refractivity contribution in [3.63, 3.8) is 0 Å². The van der Waals surface area contributed by atoms with Crippen molar-refractivity contribution in [3.8, 4) is 5.75 Å². The van der Waals surface area contributed by atoms with Crippen molar-refractivity contribution in [2.24, 2.45) is 0 Å². The van der Waals surface area contributed by atoms with Gasteiger partial charge in [0, 0.05) is 0 Å². The van der Waals surface area contributed by atoms with E-state index in [0.717, 1.165) is 5.56 Å². The zero-order chi connectivity index (χ0) is 18.0. The molecular weight excluding hydrogens is 330 g/mol. The van der Waals surface area contributed by atoms with E-state index >= 15 is 0 Å². The predicted octanol–water partition coefficient (Wildman–Crippen LogP) is -0.826. The van der Waals surface area contributed by atoms with Gasteiger partial charge < -0.3 is 29.9 Å². The quantitative estimate of drug-likeness (QED) is 0.549. The highest BCUT2D eigenvalue weighted by atomic mass is 16.5. The Labute approximate surface area is 144 Å². The van der Waals surface area contributed by atoms with E-state index in [9.17, 15) is 20.4 Å². The minimum absolute atomic E-state index is 0.293. The molecule has 1 aliphatic heterocycles. The topological polar surface area (TPSA) is 130 Å². The van der Waals surface area contributed by atoms with E-state index in [1.807, 2.05) is 0 Å². The Morgan fingerprint density at radius 2 is 1.88 bits per heavy atom. The second-order valence-electron chi connectivity index (χ2n) is 5.87. The fraction of sp³-hybridized carbons (Fsp3) is 0.500. The van der Waals surface area contributed by atoms with Gasteiger partial charge in [-0.2, -0.15) is 0 Å². The third kappa shape index (κ3) is 3.37. The zero-order valence-electron chi connectivity index (χ0n) is 13.6. The number of aliphatic hydroxyl groups excluding tert-OH is 4. The summed E-state index contributed by atoms with van der Waals surface area (Å²) in [6, 6.07) is 6.28. The van der Waals surface area contributed by atoms with Crippen molar-refractivity contribution in [2.45, 2.75) is 37.1 Å². The number of aromatic nitrogens is 3. The Morgan fingerprint density at radius 3 is 2.44 bits per heavy atom. The molecule has 9 heteroatoms. The van der Waals surface area contributed by atoms with Gasteiger partial charge in [0.15, 0.2) is 0 Å². The second kappa shape index (κ2) is 7.46. The lowest BCUT2D eigenvalue weighted by atomic mass is 9.89. The van der Waals surface area contributed by atoms with E-state index < -0.39 is 37.1 Å². The maximum absolute atomic E-state index is 10.6. The first kappa shape index (κ1) is 17.8. The SMILES string of the molecule is COc1ccc([C@@H]2O[C@H](CO)[C@H](O)[C@H](O)[C@H]2n2cc(CO)nn2)cc1. The van der Waals surface area contributed by atoms with Crippen LogP contribution in [0.15, 0.2) is 30.5 Å². The minimum Gasteiger partial charge on any atom is -0.497 e. The molecule has 25 heavy (non-hydrogen) atoms. The Hall–Kier alpha value is -2.04. The van der Waals surface area contributed by atoms with Crippen LogP contribution in [0.3, 0.4) is 0 Å². The Morgan fingerprint density at radius 1 is 1.16 bits per heavy atom. The van der Waals surface area contributed by atoms with Crippen LogP contribution in [0.5, 0.6) is 5.75 Å². The molecule has 0 aliphatic carbocycles. The molecule has 4 N–H and O–H groups in total. The van der Waals surface area contributed by atoms with Gasteiger partial charge in [-0.15, -0.1) is 5.10 Å². The monoisotopic (exact) mass is 351 g/mol. The summed E-state index contributed by atoms with van der Waals surface area (Å²) in [5, 5.41) is 47.2. The smallest absolute Gasteiger partial charge is 0.118 e. The van der Waals surface area contributed by atoms with Crippen LogP contribution in [0.4, 0.5) is 0 Å². The first-order valence-electron chi connectivity index (χ1n) is 7.87. The molecule has 0 unspecified atom stereocenters. The first-order valence-corrected chi connectivity index (χ1v) is 7.87. The molecule has 3 rings (SSSR count).